The first-order chi connectivity index (χ1) is 25.8. The molecule has 0 saturated carbocycles. The van der Waals surface area contributed by atoms with Crippen LogP contribution in [0.5, 0.6) is 5.75 Å². The minimum absolute atomic E-state index is 0.0333. The predicted molar refractivity (Wildman–Crippen MR) is 210 cm³/mol. The zero-order valence-corrected chi connectivity index (χ0v) is 31.8. The molecule has 1 aliphatic rings. The second kappa shape index (κ2) is 16.0. The number of benzene rings is 4. The van der Waals surface area contributed by atoms with Crippen molar-refractivity contribution in [3.8, 4) is 5.75 Å². The topological polar surface area (TPSA) is 69.9 Å². The van der Waals surface area contributed by atoms with Crippen molar-refractivity contribution < 1.29 is 32.3 Å². The Morgan fingerprint density at radius 1 is 0.944 bits per heavy atom. The molecule has 6 nitrogen and oxygen atoms in total. The molecular formula is C45H47F3N2O4. The molecule has 1 unspecified atom stereocenters. The number of nitrogens with zero attached hydrogens (tertiary/aromatic N) is 2. The quantitative estimate of drug-likeness (QED) is 0.0522. The zero-order chi connectivity index (χ0) is 38.7. The van der Waals surface area contributed by atoms with Gasteiger partial charge in [0.1, 0.15) is 11.5 Å². The molecule has 1 heterocycles. The van der Waals surface area contributed by atoms with Crippen molar-refractivity contribution in [1.29, 1.82) is 0 Å². The predicted octanol–water partition coefficient (Wildman–Crippen LogP) is 11.4. The fourth-order valence-electron chi connectivity index (χ4n) is 7.92. The van der Waals surface area contributed by atoms with Crippen molar-refractivity contribution >= 4 is 45.3 Å². The largest absolute Gasteiger partial charge is 0.483 e. The van der Waals surface area contributed by atoms with Crippen LogP contribution in [-0.4, -0.2) is 34.8 Å². The third-order valence-corrected chi connectivity index (χ3v) is 10.3. The number of ether oxygens (including phenoxy) is 1. The van der Waals surface area contributed by atoms with E-state index in [9.17, 15) is 22.8 Å². The zero-order valence-electron chi connectivity index (χ0n) is 31.8. The number of oxime groups is 1. The van der Waals surface area contributed by atoms with Gasteiger partial charge in [0.15, 0.2) is 12.4 Å². The van der Waals surface area contributed by atoms with Gasteiger partial charge < -0.3 is 14.1 Å². The van der Waals surface area contributed by atoms with E-state index >= 15 is 0 Å². The standard InChI is InChI=1S/C45H47F3N2O4/c1-7-9-14-31(8-2)25-50-39-20-19-32(42(49-54-30(6)51)35-17-12-13-18-40(35)53-26-45(46,47)48)23-36(39)37-24-38(33-15-10-11-16-34(33)43(37)50)44(52)41-28(4)21-27(3)22-29(41)5/h10,12-13,15,17-24,31H,7-9,11,14,16,25-26H2,1-6H3/b49-42+. The number of hydrogen-bond acceptors (Lipinski definition) is 5. The van der Waals surface area contributed by atoms with Crippen LogP contribution in [0, 0.1) is 26.7 Å². The number of hydrogen-bond donors (Lipinski definition) is 0. The minimum atomic E-state index is -4.56. The molecule has 6 rings (SSSR count). The number of para-hydroxylation sites is 1. The maximum Gasteiger partial charge on any atom is 0.422 e. The molecule has 0 spiro atoms. The number of aromatic nitrogens is 1. The first-order valence-corrected chi connectivity index (χ1v) is 18.8. The van der Waals surface area contributed by atoms with Crippen molar-refractivity contribution in [3.63, 3.8) is 0 Å². The van der Waals surface area contributed by atoms with Gasteiger partial charge in [0.25, 0.3) is 0 Å². The summed E-state index contributed by atoms with van der Waals surface area (Å²) in [5.74, 6) is -0.339. The van der Waals surface area contributed by atoms with E-state index in [1.807, 2.05) is 57.2 Å². The molecule has 0 fully saturated rings. The Hall–Kier alpha value is -5.18. The van der Waals surface area contributed by atoms with Crippen LogP contribution in [0.25, 0.3) is 27.9 Å². The number of aryl methyl sites for hydroxylation is 4. The van der Waals surface area contributed by atoms with Gasteiger partial charge in [-0.2, -0.15) is 13.2 Å². The molecule has 5 aromatic rings. The lowest BCUT2D eigenvalue weighted by Crippen LogP contribution is -2.20. The van der Waals surface area contributed by atoms with Gasteiger partial charge in [-0.1, -0.05) is 86.3 Å². The first kappa shape index (κ1) is 38.5. The van der Waals surface area contributed by atoms with E-state index in [2.05, 4.69) is 35.7 Å². The molecule has 0 aliphatic heterocycles. The summed E-state index contributed by atoms with van der Waals surface area (Å²) in [5.41, 5.74) is 9.29. The fourth-order valence-corrected chi connectivity index (χ4v) is 7.92. The van der Waals surface area contributed by atoms with E-state index in [1.165, 1.54) is 13.0 Å². The van der Waals surface area contributed by atoms with Gasteiger partial charge in [0.05, 0.1) is 5.52 Å². The van der Waals surface area contributed by atoms with Crippen LogP contribution in [0.3, 0.4) is 0 Å². The summed E-state index contributed by atoms with van der Waals surface area (Å²) in [6, 6.07) is 18.2. The Morgan fingerprint density at radius 2 is 1.69 bits per heavy atom. The Bertz CT molecular complexity index is 2270. The summed E-state index contributed by atoms with van der Waals surface area (Å²) >= 11 is 0. The van der Waals surface area contributed by atoms with Crippen molar-refractivity contribution in [1.82, 2.24) is 4.57 Å². The first-order valence-electron chi connectivity index (χ1n) is 18.8. The lowest BCUT2D eigenvalue weighted by atomic mass is 9.85. The smallest absolute Gasteiger partial charge is 0.422 e. The summed E-state index contributed by atoms with van der Waals surface area (Å²) in [7, 11) is 0. The molecule has 9 heteroatoms. The van der Waals surface area contributed by atoms with Crippen LogP contribution >= 0.6 is 0 Å². The van der Waals surface area contributed by atoms with Crippen LogP contribution in [-0.2, 0) is 22.6 Å². The molecule has 1 aromatic heterocycles. The van der Waals surface area contributed by atoms with Gasteiger partial charge in [0, 0.05) is 52.0 Å². The lowest BCUT2D eigenvalue weighted by Gasteiger charge is -2.22. The minimum Gasteiger partial charge on any atom is -0.483 e. The molecular weight excluding hydrogens is 689 g/mol. The van der Waals surface area contributed by atoms with Crippen LogP contribution in [0.15, 0.2) is 71.9 Å². The molecule has 54 heavy (non-hydrogen) atoms. The van der Waals surface area contributed by atoms with E-state index in [-0.39, 0.29) is 22.8 Å². The third-order valence-electron chi connectivity index (χ3n) is 10.3. The maximum atomic E-state index is 14.7. The van der Waals surface area contributed by atoms with Crippen molar-refractivity contribution in [3.05, 3.63) is 117 Å². The van der Waals surface area contributed by atoms with Crippen molar-refractivity contribution in [2.75, 3.05) is 6.61 Å². The number of rotatable bonds is 13. The van der Waals surface area contributed by atoms with Gasteiger partial charge >= 0.3 is 12.1 Å². The van der Waals surface area contributed by atoms with E-state index in [1.54, 1.807) is 18.2 Å². The van der Waals surface area contributed by atoms with Gasteiger partial charge in [-0.15, -0.1) is 0 Å². The van der Waals surface area contributed by atoms with Crippen LogP contribution in [0.2, 0.25) is 0 Å². The van der Waals surface area contributed by atoms with Crippen LogP contribution in [0.1, 0.15) is 108 Å². The summed E-state index contributed by atoms with van der Waals surface area (Å²) in [6.45, 7) is 10.9. The van der Waals surface area contributed by atoms with E-state index in [4.69, 9.17) is 9.57 Å². The third kappa shape index (κ3) is 8.00. The normalized spacial score (nSPS) is 13.7. The second-order valence-corrected chi connectivity index (χ2v) is 14.4. The lowest BCUT2D eigenvalue weighted by molar-refractivity contribution is -0.153. The highest BCUT2D eigenvalue weighted by Gasteiger charge is 2.30. The Balaban J connectivity index is 1.64. The van der Waals surface area contributed by atoms with E-state index in [0.29, 0.717) is 22.6 Å². The van der Waals surface area contributed by atoms with E-state index < -0.39 is 18.8 Å². The van der Waals surface area contributed by atoms with Gasteiger partial charge in [-0.3, -0.25) is 4.79 Å². The summed E-state index contributed by atoms with van der Waals surface area (Å²) in [4.78, 5) is 31.8. The molecule has 0 amide bonds. The number of ketones is 1. The van der Waals surface area contributed by atoms with Crippen molar-refractivity contribution in [2.24, 2.45) is 11.1 Å². The highest BCUT2D eigenvalue weighted by Crippen LogP contribution is 2.40. The number of halogens is 3. The number of carbonyl (C=O) groups excluding carboxylic acids is 2. The Labute approximate surface area is 314 Å². The van der Waals surface area contributed by atoms with Gasteiger partial charge in [0.2, 0.25) is 0 Å². The second-order valence-electron chi connectivity index (χ2n) is 14.4. The highest BCUT2D eigenvalue weighted by atomic mass is 19.4. The van der Waals surface area contributed by atoms with Crippen LogP contribution < -0.4 is 4.74 Å². The molecule has 0 N–H and O–H groups in total. The summed E-state index contributed by atoms with van der Waals surface area (Å²) in [6.07, 6.45) is 5.61. The monoisotopic (exact) mass is 736 g/mol. The molecule has 4 aromatic carbocycles. The molecule has 0 bridgehead atoms. The average molecular weight is 737 g/mol. The molecule has 282 valence electrons. The molecule has 0 radical (unpaired) electrons. The van der Waals surface area contributed by atoms with Crippen LogP contribution in [0.4, 0.5) is 13.2 Å². The van der Waals surface area contributed by atoms with Gasteiger partial charge in [-0.25, -0.2) is 4.79 Å². The Morgan fingerprint density at radius 3 is 2.37 bits per heavy atom. The van der Waals surface area contributed by atoms with E-state index in [0.717, 1.165) is 94.7 Å². The number of fused-ring (bicyclic) bond motifs is 5. The summed E-state index contributed by atoms with van der Waals surface area (Å²) in [5, 5.41) is 5.95. The Kier molecular flexibility index (Phi) is 11.5. The highest BCUT2D eigenvalue weighted by molar-refractivity contribution is 6.21. The summed E-state index contributed by atoms with van der Waals surface area (Å²) < 4.78 is 47.5. The average Bonchev–Trinajstić information content (AvgIpc) is 3.44. The fraction of sp³-hybridized carbons (Fsp3) is 0.356. The van der Waals surface area contributed by atoms with Gasteiger partial charge in [-0.05, 0) is 98.5 Å². The maximum absolute atomic E-state index is 14.7. The SMILES string of the molecule is CCCCC(CC)Cn1c2ccc(/C(=N\OC(C)=O)c3ccccc3OCC(F)(F)F)cc2c2cc(C(=O)c3c(C)cc(C)cc3C)c3c(c21)CCC=C3. The molecule has 0 saturated heterocycles. The van der Waals surface area contributed by atoms with Crippen molar-refractivity contribution in [2.45, 2.75) is 92.8 Å². The number of unbranched alkanes of at least 4 members (excludes halogenated alkanes) is 1. The number of alkyl halides is 3. The molecule has 1 atom stereocenters. The number of allylic oxidation sites excluding steroid dienone is 1. The molecule has 1 aliphatic carbocycles. The number of carbonyl (C=O) groups is 2.